The lowest BCUT2D eigenvalue weighted by Gasteiger charge is -2.05. The average Bonchev–Trinajstić information content (AvgIpc) is 2.82. The fourth-order valence-electron chi connectivity index (χ4n) is 2.00. The summed E-state index contributed by atoms with van der Waals surface area (Å²) in [4.78, 5) is 16.5. The molecule has 0 unspecified atom stereocenters. The molecule has 2 aromatic heterocycles. The van der Waals surface area contributed by atoms with Crippen LogP contribution in [-0.2, 0) is 6.54 Å². The first kappa shape index (κ1) is 11.2. The number of rotatable bonds is 2. The van der Waals surface area contributed by atoms with Crippen LogP contribution in [0.3, 0.4) is 0 Å². The van der Waals surface area contributed by atoms with Gasteiger partial charge in [0, 0.05) is 0 Å². The monoisotopic (exact) mass is 256 g/mol. The van der Waals surface area contributed by atoms with Crippen molar-refractivity contribution in [1.29, 1.82) is 0 Å². The molecule has 0 spiro atoms. The quantitative estimate of drug-likeness (QED) is 0.706. The van der Waals surface area contributed by atoms with E-state index in [1.807, 2.05) is 36.6 Å². The van der Waals surface area contributed by atoms with Crippen molar-refractivity contribution in [3.8, 4) is 0 Å². The van der Waals surface area contributed by atoms with Gasteiger partial charge in [-0.05, 0) is 23.9 Å². The highest BCUT2D eigenvalue weighted by molar-refractivity contribution is 7.17. The van der Waals surface area contributed by atoms with E-state index in [1.54, 1.807) is 10.9 Å². The SMILES string of the molecule is Cc1cccc(Cn2cnc3ccsc3c2=O)c1. The third-order valence-corrected chi connectivity index (χ3v) is 3.76. The van der Waals surface area contributed by atoms with Gasteiger partial charge in [0.2, 0.25) is 0 Å². The first-order valence-electron chi connectivity index (χ1n) is 5.72. The van der Waals surface area contributed by atoms with Gasteiger partial charge >= 0.3 is 0 Å². The zero-order valence-corrected chi connectivity index (χ0v) is 10.8. The van der Waals surface area contributed by atoms with Crippen molar-refractivity contribution in [2.45, 2.75) is 13.5 Å². The maximum absolute atomic E-state index is 12.2. The van der Waals surface area contributed by atoms with Crippen molar-refractivity contribution in [3.63, 3.8) is 0 Å². The van der Waals surface area contributed by atoms with Crippen LogP contribution < -0.4 is 5.56 Å². The number of aromatic nitrogens is 2. The summed E-state index contributed by atoms with van der Waals surface area (Å²) in [5, 5.41) is 1.90. The number of fused-ring (bicyclic) bond motifs is 1. The first-order chi connectivity index (χ1) is 8.74. The lowest BCUT2D eigenvalue weighted by atomic mass is 10.1. The van der Waals surface area contributed by atoms with Gasteiger partial charge in [0.05, 0.1) is 18.4 Å². The standard InChI is InChI=1S/C14H12N2OS/c1-10-3-2-4-11(7-10)8-16-9-15-12-5-6-18-13(12)14(16)17/h2-7,9H,8H2,1H3. The third kappa shape index (κ3) is 1.95. The zero-order chi connectivity index (χ0) is 12.5. The predicted octanol–water partition coefficient (Wildman–Crippen LogP) is 2.81. The lowest BCUT2D eigenvalue weighted by molar-refractivity contribution is 0.749. The molecule has 3 aromatic rings. The number of hydrogen-bond donors (Lipinski definition) is 0. The van der Waals surface area contributed by atoms with Crippen LogP contribution in [0.1, 0.15) is 11.1 Å². The summed E-state index contributed by atoms with van der Waals surface area (Å²) in [5.74, 6) is 0. The molecule has 2 heterocycles. The van der Waals surface area contributed by atoms with Gasteiger partial charge in [-0.2, -0.15) is 0 Å². The van der Waals surface area contributed by atoms with Gasteiger partial charge in [0.15, 0.2) is 0 Å². The summed E-state index contributed by atoms with van der Waals surface area (Å²) in [5.41, 5.74) is 3.14. The molecule has 3 rings (SSSR count). The fourth-order valence-corrected chi connectivity index (χ4v) is 2.79. The van der Waals surface area contributed by atoms with E-state index < -0.39 is 0 Å². The lowest BCUT2D eigenvalue weighted by Crippen LogP contribution is -2.20. The smallest absolute Gasteiger partial charge is 0.271 e. The molecule has 0 amide bonds. The van der Waals surface area contributed by atoms with Crippen LogP contribution in [0, 0.1) is 6.92 Å². The van der Waals surface area contributed by atoms with Crippen molar-refractivity contribution < 1.29 is 0 Å². The Balaban J connectivity index is 2.05. The van der Waals surface area contributed by atoms with Gasteiger partial charge in [0.1, 0.15) is 4.70 Å². The van der Waals surface area contributed by atoms with Crippen LogP contribution >= 0.6 is 11.3 Å². The van der Waals surface area contributed by atoms with Gasteiger partial charge in [-0.25, -0.2) is 4.98 Å². The summed E-state index contributed by atoms with van der Waals surface area (Å²) in [6.07, 6.45) is 1.62. The number of nitrogens with zero attached hydrogens (tertiary/aromatic N) is 2. The van der Waals surface area contributed by atoms with Gasteiger partial charge in [0.25, 0.3) is 5.56 Å². The summed E-state index contributed by atoms with van der Waals surface area (Å²) >= 11 is 1.45. The maximum atomic E-state index is 12.2. The van der Waals surface area contributed by atoms with Crippen molar-refractivity contribution in [1.82, 2.24) is 9.55 Å². The molecule has 0 aliphatic carbocycles. The van der Waals surface area contributed by atoms with Crippen LogP contribution in [0.4, 0.5) is 0 Å². The van der Waals surface area contributed by atoms with Crippen molar-refractivity contribution in [2.75, 3.05) is 0 Å². The second-order valence-corrected chi connectivity index (χ2v) is 5.22. The van der Waals surface area contributed by atoms with Gasteiger partial charge < -0.3 is 0 Å². The Morgan fingerprint density at radius 1 is 1.33 bits per heavy atom. The molecule has 3 nitrogen and oxygen atoms in total. The molecule has 0 aliphatic rings. The largest absolute Gasteiger partial charge is 0.294 e. The van der Waals surface area contributed by atoms with Crippen LogP contribution in [0.5, 0.6) is 0 Å². The molecule has 0 N–H and O–H groups in total. The Bertz CT molecular complexity index is 758. The summed E-state index contributed by atoms with van der Waals surface area (Å²) in [7, 11) is 0. The van der Waals surface area contributed by atoms with E-state index in [0.29, 0.717) is 6.54 Å². The van der Waals surface area contributed by atoms with Gasteiger partial charge in [-0.15, -0.1) is 11.3 Å². The molecular formula is C14H12N2OS. The molecule has 0 radical (unpaired) electrons. The van der Waals surface area contributed by atoms with E-state index in [2.05, 4.69) is 11.1 Å². The number of hydrogen-bond acceptors (Lipinski definition) is 3. The predicted molar refractivity (Wildman–Crippen MR) is 74.2 cm³/mol. The molecule has 0 bridgehead atoms. The van der Waals surface area contributed by atoms with Crippen LogP contribution in [0.2, 0.25) is 0 Å². The Labute approximate surface area is 108 Å². The number of benzene rings is 1. The minimum absolute atomic E-state index is 0.0384. The molecule has 0 aliphatic heterocycles. The highest BCUT2D eigenvalue weighted by Gasteiger charge is 2.05. The van der Waals surface area contributed by atoms with E-state index in [1.165, 1.54) is 16.9 Å². The summed E-state index contributed by atoms with van der Waals surface area (Å²) < 4.78 is 2.39. The average molecular weight is 256 g/mol. The molecule has 0 fully saturated rings. The molecule has 18 heavy (non-hydrogen) atoms. The fraction of sp³-hybridized carbons (Fsp3) is 0.143. The molecule has 4 heteroatoms. The molecule has 90 valence electrons. The Kier molecular flexibility index (Phi) is 2.72. The van der Waals surface area contributed by atoms with E-state index in [4.69, 9.17) is 0 Å². The normalized spacial score (nSPS) is 10.9. The van der Waals surface area contributed by atoms with E-state index in [9.17, 15) is 4.79 Å². The minimum Gasteiger partial charge on any atom is -0.294 e. The van der Waals surface area contributed by atoms with E-state index >= 15 is 0 Å². The number of thiophene rings is 1. The van der Waals surface area contributed by atoms with Gasteiger partial charge in [-0.1, -0.05) is 29.8 Å². The van der Waals surface area contributed by atoms with Gasteiger partial charge in [-0.3, -0.25) is 9.36 Å². The topological polar surface area (TPSA) is 34.9 Å². The maximum Gasteiger partial charge on any atom is 0.271 e. The molecule has 0 saturated heterocycles. The molecule has 1 aromatic carbocycles. The molecular weight excluding hydrogens is 244 g/mol. The van der Waals surface area contributed by atoms with E-state index in [-0.39, 0.29) is 5.56 Å². The summed E-state index contributed by atoms with van der Waals surface area (Å²) in [6, 6.07) is 10.0. The molecule has 0 saturated carbocycles. The number of aryl methyl sites for hydroxylation is 1. The van der Waals surface area contributed by atoms with Crippen LogP contribution in [-0.4, -0.2) is 9.55 Å². The van der Waals surface area contributed by atoms with Crippen molar-refractivity contribution in [2.24, 2.45) is 0 Å². The second kappa shape index (κ2) is 4.38. The van der Waals surface area contributed by atoms with Crippen molar-refractivity contribution >= 4 is 21.6 Å². The molecule has 0 atom stereocenters. The minimum atomic E-state index is 0.0384. The third-order valence-electron chi connectivity index (χ3n) is 2.87. The second-order valence-electron chi connectivity index (χ2n) is 4.30. The Morgan fingerprint density at radius 2 is 2.22 bits per heavy atom. The first-order valence-corrected chi connectivity index (χ1v) is 6.60. The Hall–Kier alpha value is -1.94. The summed E-state index contributed by atoms with van der Waals surface area (Å²) in [6.45, 7) is 2.62. The van der Waals surface area contributed by atoms with E-state index in [0.717, 1.165) is 15.8 Å². The van der Waals surface area contributed by atoms with Crippen molar-refractivity contribution in [3.05, 3.63) is 63.5 Å². The van der Waals surface area contributed by atoms with Crippen LogP contribution in [0.25, 0.3) is 10.2 Å². The zero-order valence-electron chi connectivity index (χ0n) is 9.96. The highest BCUT2D eigenvalue weighted by atomic mass is 32.1. The van der Waals surface area contributed by atoms with Crippen LogP contribution in [0.15, 0.2) is 46.8 Å². The Morgan fingerprint density at radius 3 is 3.06 bits per heavy atom. The highest BCUT2D eigenvalue weighted by Crippen LogP contribution is 2.13.